The molecule has 0 aliphatic heterocycles. The standard InChI is InChI=1S/C69H53N/c1-4-16-48(17-5-1)49-28-30-50(31-29-49)52-36-40-58(41-37-52)70(60-44-45-65-64-26-14-15-27-67(64)69(68(65)47-60,56-19-6-2-7-20-56)57-21-8-3-9-22-57)59-42-38-53(39-43-59)51-32-34-54(35-33-51)66-46-55-18-10-11-23-61(55)62-24-12-13-25-63(62)66/h1-32,34-42,44-47,51,59,65,68H,33,43H2/i28D,29D,30D,31D,36D,37D,40D,41D. The molecule has 1 heteroatoms. The summed E-state index contributed by atoms with van der Waals surface area (Å²) in [5, 5.41) is 4.90. The zero-order valence-corrected chi connectivity index (χ0v) is 38.5. The third-order valence-corrected chi connectivity index (χ3v) is 15.0. The monoisotopic (exact) mass is 903 g/mol. The fourth-order valence-electron chi connectivity index (χ4n) is 11.8. The van der Waals surface area contributed by atoms with Crippen LogP contribution in [0.15, 0.2) is 284 Å². The van der Waals surface area contributed by atoms with Crippen LogP contribution >= 0.6 is 0 Å². The Bertz CT molecular complexity index is 4000. The Kier molecular flexibility index (Phi) is 8.61. The molecule has 334 valence electrons. The highest BCUT2D eigenvalue weighted by molar-refractivity contribution is 6.12. The molecule has 0 saturated carbocycles. The summed E-state index contributed by atoms with van der Waals surface area (Å²) in [4.78, 5) is 1.97. The topological polar surface area (TPSA) is 3.24 Å². The summed E-state index contributed by atoms with van der Waals surface area (Å²) < 4.78 is 76.0. The number of allylic oxidation sites excluding steroid dienone is 9. The van der Waals surface area contributed by atoms with E-state index in [1.54, 1.807) is 24.3 Å². The molecule has 0 spiro atoms. The first-order valence-corrected chi connectivity index (χ1v) is 24.4. The van der Waals surface area contributed by atoms with Gasteiger partial charge in [-0.3, -0.25) is 0 Å². The predicted octanol–water partition coefficient (Wildman–Crippen LogP) is 17.2. The van der Waals surface area contributed by atoms with E-state index in [4.69, 9.17) is 2.74 Å². The van der Waals surface area contributed by atoms with Crippen molar-refractivity contribution < 1.29 is 11.0 Å². The second-order valence-electron chi connectivity index (χ2n) is 18.8. The molecule has 9 aromatic rings. The lowest BCUT2D eigenvalue weighted by Gasteiger charge is -2.41. The Labute approximate surface area is 423 Å². The van der Waals surface area contributed by atoms with E-state index in [2.05, 4.69) is 182 Å². The van der Waals surface area contributed by atoms with Crippen LogP contribution in [0.25, 0.3) is 49.4 Å². The van der Waals surface area contributed by atoms with Crippen LogP contribution in [0.5, 0.6) is 0 Å². The minimum absolute atomic E-state index is 0.0287. The first-order chi connectivity index (χ1) is 38.1. The second-order valence-corrected chi connectivity index (χ2v) is 18.8. The van der Waals surface area contributed by atoms with Gasteiger partial charge in [0, 0.05) is 29.1 Å². The summed E-state index contributed by atoms with van der Waals surface area (Å²) in [7, 11) is 0. The minimum atomic E-state index is -0.638. The average molecular weight is 904 g/mol. The molecule has 1 nitrogen and oxygen atoms in total. The molecule has 9 aromatic carbocycles. The number of fused-ring (bicyclic) bond motifs is 6. The predicted molar refractivity (Wildman–Crippen MR) is 295 cm³/mol. The number of nitrogens with zero attached hydrogens (tertiary/aromatic N) is 1. The van der Waals surface area contributed by atoms with Crippen LogP contribution in [0.4, 0.5) is 5.69 Å². The molecule has 0 saturated heterocycles. The molecule has 4 atom stereocenters. The maximum Gasteiger partial charge on any atom is 0.0645 e. The van der Waals surface area contributed by atoms with Crippen LogP contribution in [0.3, 0.4) is 0 Å². The van der Waals surface area contributed by atoms with Crippen LogP contribution in [-0.2, 0) is 5.41 Å². The summed E-state index contributed by atoms with van der Waals surface area (Å²) in [5.74, 6) is -0.0879. The molecule has 70 heavy (non-hydrogen) atoms. The lowest BCUT2D eigenvalue weighted by Crippen LogP contribution is -2.38. The van der Waals surface area contributed by atoms with Crippen molar-refractivity contribution in [2.45, 2.75) is 30.2 Å². The van der Waals surface area contributed by atoms with Crippen molar-refractivity contribution in [1.29, 1.82) is 0 Å². The van der Waals surface area contributed by atoms with E-state index in [1.807, 2.05) is 23.1 Å². The normalized spacial score (nSPS) is 21.4. The van der Waals surface area contributed by atoms with Crippen molar-refractivity contribution in [3.8, 4) is 22.3 Å². The first-order valence-electron chi connectivity index (χ1n) is 28.4. The molecule has 0 amide bonds. The van der Waals surface area contributed by atoms with E-state index < -0.39 is 35.6 Å². The van der Waals surface area contributed by atoms with Crippen molar-refractivity contribution in [2.75, 3.05) is 4.90 Å². The largest absolute Gasteiger partial charge is 0.335 e. The molecule has 0 heterocycles. The van der Waals surface area contributed by atoms with Gasteiger partial charge >= 0.3 is 0 Å². The van der Waals surface area contributed by atoms with Crippen LogP contribution in [0.2, 0.25) is 0 Å². The van der Waals surface area contributed by atoms with Crippen molar-refractivity contribution in [2.24, 2.45) is 11.8 Å². The van der Waals surface area contributed by atoms with E-state index in [1.165, 1.54) is 43.8 Å². The van der Waals surface area contributed by atoms with Gasteiger partial charge < -0.3 is 4.90 Å². The van der Waals surface area contributed by atoms with Crippen LogP contribution in [0.1, 0.15) is 57.5 Å². The molecular weight excluding hydrogens is 843 g/mol. The summed E-state index contributed by atoms with van der Waals surface area (Å²) in [6, 6.07) is 54.6. The van der Waals surface area contributed by atoms with Gasteiger partial charge in [-0.25, -0.2) is 0 Å². The Morgan fingerprint density at radius 3 is 1.76 bits per heavy atom. The third-order valence-electron chi connectivity index (χ3n) is 15.0. The zero-order chi connectivity index (χ0) is 53.4. The van der Waals surface area contributed by atoms with Gasteiger partial charge in [0.05, 0.1) is 22.4 Å². The zero-order valence-electron chi connectivity index (χ0n) is 46.5. The number of hydrogen-bond donors (Lipinski definition) is 0. The number of anilines is 1. The summed E-state index contributed by atoms with van der Waals surface area (Å²) in [6.45, 7) is 0. The highest BCUT2D eigenvalue weighted by atomic mass is 15.2. The van der Waals surface area contributed by atoms with Crippen molar-refractivity contribution >= 4 is 32.8 Å². The Morgan fingerprint density at radius 2 is 1.09 bits per heavy atom. The number of benzene rings is 9. The van der Waals surface area contributed by atoms with Crippen LogP contribution < -0.4 is 4.90 Å². The summed E-state index contributed by atoms with van der Waals surface area (Å²) in [5.41, 5.74) is 8.48. The van der Waals surface area contributed by atoms with E-state index in [-0.39, 0.29) is 64.3 Å². The van der Waals surface area contributed by atoms with Gasteiger partial charge in [0.15, 0.2) is 0 Å². The molecule has 0 aromatic heterocycles. The van der Waals surface area contributed by atoms with E-state index in [0.717, 1.165) is 28.8 Å². The highest BCUT2D eigenvalue weighted by Gasteiger charge is 2.53. The van der Waals surface area contributed by atoms with Gasteiger partial charge in [0.1, 0.15) is 0 Å². The number of rotatable bonds is 9. The maximum atomic E-state index is 9.95. The van der Waals surface area contributed by atoms with E-state index >= 15 is 0 Å². The molecule has 0 N–H and O–H groups in total. The van der Waals surface area contributed by atoms with Gasteiger partial charge in [-0.05, 0) is 120 Å². The van der Waals surface area contributed by atoms with Gasteiger partial charge in [-0.15, -0.1) is 0 Å². The third kappa shape index (κ3) is 7.15. The maximum absolute atomic E-state index is 9.95. The molecule has 0 fully saturated rings. The molecular formula is C69H53N. The van der Waals surface area contributed by atoms with Gasteiger partial charge in [0.2, 0.25) is 0 Å². The summed E-state index contributed by atoms with van der Waals surface area (Å²) >= 11 is 0. The van der Waals surface area contributed by atoms with Crippen LogP contribution in [-0.4, -0.2) is 6.04 Å². The SMILES string of the molecule is [2H]c1c([2H])c(-c2c([2H])c([2H])c(N(C3=CC4C(C=C3)c3ccccc3C4(c3ccccc3)c3ccccc3)C3C=CC(C4C=CC(c5cc6ccccc6c6ccccc56)=CC4)=CC3)c([2H])c2[2H])c([2H])c([2H])c1-c1ccccc1. The fraction of sp³-hybridized carbons (Fsp3) is 0.101. The lowest BCUT2D eigenvalue weighted by atomic mass is 9.63. The Morgan fingerprint density at radius 1 is 0.486 bits per heavy atom. The highest BCUT2D eigenvalue weighted by Crippen LogP contribution is 2.60. The Balaban J connectivity index is 0.930. The lowest BCUT2D eigenvalue weighted by molar-refractivity contribution is 0.452. The van der Waals surface area contributed by atoms with E-state index in [0.29, 0.717) is 12.0 Å². The quantitative estimate of drug-likeness (QED) is 0.130. The van der Waals surface area contributed by atoms with E-state index in [9.17, 15) is 8.22 Å². The minimum Gasteiger partial charge on any atom is -0.335 e. The fourth-order valence-corrected chi connectivity index (χ4v) is 11.8. The molecule has 4 aliphatic rings. The molecule has 0 radical (unpaired) electrons. The molecule has 4 aliphatic carbocycles. The summed E-state index contributed by atoms with van der Waals surface area (Å²) in [6.07, 6.45) is 21.3. The van der Waals surface area contributed by atoms with Crippen molar-refractivity contribution in [3.05, 3.63) is 312 Å². The van der Waals surface area contributed by atoms with Crippen LogP contribution in [0, 0.1) is 11.8 Å². The molecule has 4 unspecified atom stereocenters. The molecule has 0 bridgehead atoms. The average Bonchev–Trinajstić information content (AvgIpc) is 4.02. The van der Waals surface area contributed by atoms with Gasteiger partial charge in [0.25, 0.3) is 0 Å². The Hall–Kier alpha value is -8.26. The molecule has 13 rings (SSSR count). The number of hydrogen-bond acceptors (Lipinski definition) is 1. The van der Waals surface area contributed by atoms with Gasteiger partial charge in [-0.2, -0.15) is 0 Å². The first kappa shape index (κ1) is 34.1. The second kappa shape index (κ2) is 17.7. The van der Waals surface area contributed by atoms with Gasteiger partial charge in [-0.1, -0.05) is 249 Å². The van der Waals surface area contributed by atoms with Crippen molar-refractivity contribution in [3.63, 3.8) is 0 Å². The smallest absolute Gasteiger partial charge is 0.0645 e. The van der Waals surface area contributed by atoms with Crippen molar-refractivity contribution in [1.82, 2.24) is 0 Å².